The number of aromatic amines is 1. The van der Waals surface area contributed by atoms with Crippen molar-refractivity contribution >= 4 is 28.2 Å². The number of amides is 2. The van der Waals surface area contributed by atoms with Gasteiger partial charge in [-0.05, 0) is 48.9 Å². The van der Waals surface area contributed by atoms with Gasteiger partial charge in [0.2, 0.25) is 0 Å². The van der Waals surface area contributed by atoms with E-state index in [4.69, 9.17) is 5.26 Å². The van der Waals surface area contributed by atoms with E-state index in [9.17, 15) is 9.59 Å². The molecule has 0 unspecified atom stereocenters. The molecule has 0 saturated carbocycles. The Kier molecular flexibility index (Phi) is 5.45. The van der Waals surface area contributed by atoms with Crippen LogP contribution in [0.15, 0.2) is 71.5 Å². The lowest BCUT2D eigenvalue weighted by Crippen LogP contribution is -2.19. The van der Waals surface area contributed by atoms with Crippen LogP contribution in [0.25, 0.3) is 10.8 Å². The third kappa shape index (κ3) is 4.60. The van der Waals surface area contributed by atoms with E-state index in [2.05, 4.69) is 26.9 Å². The van der Waals surface area contributed by atoms with E-state index in [0.29, 0.717) is 39.8 Å². The number of urea groups is 1. The molecule has 31 heavy (non-hydrogen) atoms. The van der Waals surface area contributed by atoms with Gasteiger partial charge in [-0.25, -0.2) is 9.89 Å². The van der Waals surface area contributed by atoms with Crippen LogP contribution in [0.4, 0.5) is 16.2 Å². The number of H-pyrrole nitrogens is 1. The number of nitriles is 1. The Hall–Kier alpha value is -4.44. The van der Waals surface area contributed by atoms with Crippen molar-refractivity contribution in [3.05, 3.63) is 99.5 Å². The Labute approximate surface area is 178 Å². The second-order valence-electron chi connectivity index (χ2n) is 7.19. The zero-order valence-electron chi connectivity index (χ0n) is 16.8. The summed E-state index contributed by atoms with van der Waals surface area (Å²) in [5.41, 5.74) is 4.21. The molecule has 0 aliphatic heterocycles. The Morgan fingerprint density at radius 2 is 1.65 bits per heavy atom. The average molecular weight is 409 g/mol. The van der Waals surface area contributed by atoms with Crippen molar-refractivity contribution in [3.63, 3.8) is 0 Å². The minimum absolute atomic E-state index is 0.332. The van der Waals surface area contributed by atoms with Gasteiger partial charge in [0.25, 0.3) is 5.56 Å². The number of rotatable bonds is 4. The summed E-state index contributed by atoms with van der Waals surface area (Å²) < 4.78 is 0. The SMILES string of the molecule is Cc1ccc(NC(=O)Nc2ccc3c(Cc4ccc(C#N)cc4)n[nH]c(=O)c3c2)cc1. The number of carbonyl (C=O) groups is 1. The molecule has 3 N–H and O–H groups in total. The molecule has 4 aromatic rings. The molecular weight excluding hydrogens is 390 g/mol. The quantitative estimate of drug-likeness (QED) is 0.466. The molecule has 0 spiro atoms. The molecule has 1 aromatic heterocycles. The first kappa shape index (κ1) is 19.9. The number of anilines is 2. The van der Waals surface area contributed by atoms with E-state index in [-0.39, 0.29) is 5.56 Å². The van der Waals surface area contributed by atoms with Crippen molar-refractivity contribution in [2.45, 2.75) is 13.3 Å². The maximum atomic E-state index is 12.3. The van der Waals surface area contributed by atoms with Gasteiger partial charge in [0.1, 0.15) is 0 Å². The average Bonchev–Trinajstić information content (AvgIpc) is 2.78. The van der Waals surface area contributed by atoms with Gasteiger partial charge in [-0.15, -0.1) is 0 Å². The number of benzene rings is 3. The smallest absolute Gasteiger partial charge is 0.308 e. The molecule has 0 radical (unpaired) electrons. The van der Waals surface area contributed by atoms with E-state index in [1.165, 1.54) is 0 Å². The van der Waals surface area contributed by atoms with Gasteiger partial charge in [0.05, 0.1) is 22.7 Å². The molecule has 7 nitrogen and oxygen atoms in total. The van der Waals surface area contributed by atoms with Crippen molar-refractivity contribution in [1.29, 1.82) is 5.26 Å². The summed E-state index contributed by atoms with van der Waals surface area (Å²) in [6, 6.07) is 21.5. The normalized spacial score (nSPS) is 10.5. The molecule has 0 fully saturated rings. The number of carbonyl (C=O) groups excluding carboxylic acids is 1. The molecule has 2 amide bonds. The molecule has 0 atom stereocenters. The lowest BCUT2D eigenvalue weighted by Gasteiger charge is -2.10. The summed E-state index contributed by atoms with van der Waals surface area (Å²) >= 11 is 0. The first-order valence-electron chi connectivity index (χ1n) is 9.67. The summed E-state index contributed by atoms with van der Waals surface area (Å²) in [6.07, 6.45) is 0.500. The van der Waals surface area contributed by atoms with Crippen molar-refractivity contribution in [3.8, 4) is 6.07 Å². The molecule has 4 rings (SSSR count). The summed E-state index contributed by atoms with van der Waals surface area (Å²) in [6.45, 7) is 1.97. The molecule has 0 bridgehead atoms. The number of fused-ring (bicyclic) bond motifs is 1. The standard InChI is InChI=1S/C24H19N5O2/c1-15-2-8-18(9-3-15)26-24(31)27-19-10-11-20-21(13-19)23(30)29-28-22(20)12-16-4-6-17(14-25)7-5-16/h2-11,13H,12H2,1H3,(H,29,30)(H2,26,27,31). The van der Waals surface area contributed by atoms with Crippen molar-refractivity contribution < 1.29 is 4.79 Å². The predicted molar refractivity (Wildman–Crippen MR) is 120 cm³/mol. The fourth-order valence-electron chi connectivity index (χ4n) is 3.26. The third-order valence-electron chi connectivity index (χ3n) is 4.89. The minimum atomic E-state index is -0.397. The fraction of sp³-hybridized carbons (Fsp3) is 0.0833. The summed E-state index contributed by atoms with van der Waals surface area (Å²) in [5.74, 6) is 0. The first-order valence-corrected chi connectivity index (χ1v) is 9.67. The number of hydrogen-bond acceptors (Lipinski definition) is 4. The van der Waals surface area contributed by atoms with Gasteiger partial charge in [0, 0.05) is 23.2 Å². The van der Waals surface area contributed by atoms with Gasteiger partial charge < -0.3 is 10.6 Å². The van der Waals surface area contributed by atoms with Crippen LogP contribution in [0.1, 0.15) is 22.4 Å². The molecule has 1 heterocycles. The Morgan fingerprint density at radius 1 is 0.968 bits per heavy atom. The van der Waals surface area contributed by atoms with Gasteiger partial charge in [0.15, 0.2) is 0 Å². The number of hydrogen-bond donors (Lipinski definition) is 3. The van der Waals surface area contributed by atoms with Crippen LogP contribution in [-0.2, 0) is 6.42 Å². The maximum absolute atomic E-state index is 12.3. The molecular formula is C24H19N5O2. The summed E-state index contributed by atoms with van der Waals surface area (Å²) in [4.78, 5) is 24.7. The molecule has 3 aromatic carbocycles. The predicted octanol–water partition coefficient (Wildman–Crippen LogP) is 4.34. The number of nitrogens with zero attached hydrogens (tertiary/aromatic N) is 2. The number of aromatic nitrogens is 2. The largest absolute Gasteiger partial charge is 0.323 e. The molecule has 0 saturated heterocycles. The Balaban J connectivity index is 1.56. The molecule has 7 heteroatoms. The highest BCUT2D eigenvalue weighted by atomic mass is 16.2. The monoisotopic (exact) mass is 409 g/mol. The van der Waals surface area contributed by atoms with Crippen LogP contribution < -0.4 is 16.2 Å². The topological polar surface area (TPSA) is 111 Å². The van der Waals surface area contributed by atoms with Crippen LogP contribution in [0, 0.1) is 18.3 Å². The van der Waals surface area contributed by atoms with Crippen LogP contribution in [-0.4, -0.2) is 16.2 Å². The molecule has 152 valence electrons. The van der Waals surface area contributed by atoms with Gasteiger partial charge in [-0.1, -0.05) is 35.9 Å². The second kappa shape index (κ2) is 8.51. The maximum Gasteiger partial charge on any atom is 0.323 e. The van der Waals surface area contributed by atoms with Crippen molar-refractivity contribution in [1.82, 2.24) is 10.2 Å². The van der Waals surface area contributed by atoms with Crippen LogP contribution in [0.3, 0.4) is 0 Å². The highest BCUT2D eigenvalue weighted by Crippen LogP contribution is 2.21. The first-order chi connectivity index (χ1) is 15.0. The van der Waals surface area contributed by atoms with Crippen LogP contribution in [0.2, 0.25) is 0 Å². The highest BCUT2D eigenvalue weighted by molar-refractivity contribution is 6.01. The summed E-state index contributed by atoms with van der Waals surface area (Å²) in [5, 5.41) is 22.3. The lowest BCUT2D eigenvalue weighted by molar-refractivity contribution is 0.262. The van der Waals surface area contributed by atoms with E-state index in [0.717, 1.165) is 11.1 Å². The van der Waals surface area contributed by atoms with Crippen molar-refractivity contribution in [2.75, 3.05) is 10.6 Å². The third-order valence-corrected chi connectivity index (χ3v) is 4.89. The van der Waals surface area contributed by atoms with E-state index < -0.39 is 6.03 Å². The Morgan fingerprint density at radius 3 is 2.35 bits per heavy atom. The lowest BCUT2D eigenvalue weighted by atomic mass is 10.0. The van der Waals surface area contributed by atoms with Gasteiger partial charge in [-0.2, -0.15) is 10.4 Å². The summed E-state index contributed by atoms with van der Waals surface area (Å²) in [7, 11) is 0. The Bertz CT molecular complexity index is 1350. The van der Waals surface area contributed by atoms with Crippen LogP contribution in [0.5, 0.6) is 0 Å². The number of nitrogens with one attached hydrogen (secondary N) is 3. The highest BCUT2D eigenvalue weighted by Gasteiger charge is 2.10. The van der Waals surface area contributed by atoms with Gasteiger partial charge >= 0.3 is 6.03 Å². The number of aryl methyl sites for hydroxylation is 1. The second-order valence-corrected chi connectivity index (χ2v) is 7.19. The van der Waals surface area contributed by atoms with Crippen molar-refractivity contribution in [2.24, 2.45) is 0 Å². The molecule has 0 aliphatic rings. The van der Waals surface area contributed by atoms with Gasteiger partial charge in [-0.3, -0.25) is 4.79 Å². The fourth-order valence-corrected chi connectivity index (χ4v) is 3.26. The zero-order valence-corrected chi connectivity index (χ0v) is 16.8. The minimum Gasteiger partial charge on any atom is -0.308 e. The zero-order chi connectivity index (χ0) is 21.8. The van der Waals surface area contributed by atoms with E-state index in [1.54, 1.807) is 30.3 Å². The van der Waals surface area contributed by atoms with Crippen LogP contribution >= 0.6 is 0 Å². The van der Waals surface area contributed by atoms with E-state index in [1.807, 2.05) is 43.3 Å². The van der Waals surface area contributed by atoms with E-state index >= 15 is 0 Å². The molecule has 0 aliphatic carbocycles.